The largest absolute Gasteiger partial charge is 0.445 e. The zero-order valence-electron chi connectivity index (χ0n) is 13.2. The van der Waals surface area contributed by atoms with Gasteiger partial charge in [-0.1, -0.05) is 0 Å². The standard InChI is InChI=1S/C16H22N4O2/c1-12-7-17-11-20(16(12)21)9-14-3-5-19(6-4-14)10-15-18-8-13(2)22-15/h7-8,11,14H,3-6,9-10H2,1-2H3. The van der Waals surface area contributed by atoms with Crippen molar-refractivity contribution in [2.24, 2.45) is 5.92 Å². The van der Waals surface area contributed by atoms with E-state index in [9.17, 15) is 4.79 Å². The van der Waals surface area contributed by atoms with E-state index in [2.05, 4.69) is 14.9 Å². The van der Waals surface area contributed by atoms with Crippen LogP contribution in [0.25, 0.3) is 0 Å². The molecule has 6 heteroatoms. The molecular weight excluding hydrogens is 280 g/mol. The summed E-state index contributed by atoms with van der Waals surface area (Å²) < 4.78 is 7.27. The van der Waals surface area contributed by atoms with Gasteiger partial charge < -0.3 is 4.42 Å². The number of rotatable bonds is 4. The second-order valence-electron chi connectivity index (χ2n) is 6.12. The van der Waals surface area contributed by atoms with Crippen LogP contribution in [-0.2, 0) is 13.1 Å². The fraction of sp³-hybridized carbons (Fsp3) is 0.562. The lowest BCUT2D eigenvalue weighted by atomic mass is 9.96. The predicted molar refractivity (Wildman–Crippen MR) is 82.5 cm³/mol. The van der Waals surface area contributed by atoms with Gasteiger partial charge in [0.1, 0.15) is 5.76 Å². The zero-order chi connectivity index (χ0) is 15.5. The van der Waals surface area contributed by atoms with Crippen molar-refractivity contribution in [3.05, 3.63) is 46.3 Å². The molecule has 0 spiro atoms. The Morgan fingerprint density at radius 1 is 1.27 bits per heavy atom. The minimum Gasteiger partial charge on any atom is -0.445 e. The molecule has 3 heterocycles. The van der Waals surface area contributed by atoms with Gasteiger partial charge in [-0.15, -0.1) is 0 Å². The number of likely N-dealkylation sites (tertiary alicyclic amines) is 1. The van der Waals surface area contributed by atoms with Gasteiger partial charge in [-0.3, -0.25) is 14.3 Å². The summed E-state index contributed by atoms with van der Waals surface area (Å²) in [4.78, 5) is 22.8. The molecule has 0 radical (unpaired) electrons. The van der Waals surface area contributed by atoms with E-state index in [1.807, 2.05) is 13.8 Å². The summed E-state index contributed by atoms with van der Waals surface area (Å²) in [6, 6.07) is 0. The Bertz CT molecular complexity index is 683. The lowest BCUT2D eigenvalue weighted by molar-refractivity contribution is 0.154. The van der Waals surface area contributed by atoms with E-state index in [-0.39, 0.29) is 5.56 Å². The van der Waals surface area contributed by atoms with Gasteiger partial charge in [0.25, 0.3) is 5.56 Å². The fourth-order valence-corrected chi connectivity index (χ4v) is 2.96. The molecule has 22 heavy (non-hydrogen) atoms. The topological polar surface area (TPSA) is 64.2 Å². The van der Waals surface area contributed by atoms with E-state index >= 15 is 0 Å². The van der Waals surface area contributed by atoms with Crippen molar-refractivity contribution in [2.45, 2.75) is 39.8 Å². The molecule has 0 saturated carbocycles. The number of nitrogens with zero attached hydrogens (tertiary/aromatic N) is 4. The first kappa shape index (κ1) is 15.0. The highest BCUT2D eigenvalue weighted by Crippen LogP contribution is 2.20. The van der Waals surface area contributed by atoms with Crippen molar-refractivity contribution in [2.75, 3.05) is 13.1 Å². The first-order valence-electron chi connectivity index (χ1n) is 7.76. The Balaban J connectivity index is 1.53. The molecule has 6 nitrogen and oxygen atoms in total. The highest BCUT2D eigenvalue weighted by atomic mass is 16.4. The number of hydrogen-bond acceptors (Lipinski definition) is 5. The molecule has 0 aromatic carbocycles. The molecular formula is C16H22N4O2. The molecule has 1 aliphatic heterocycles. The minimum atomic E-state index is 0.0766. The van der Waals surface area contributed by atoms with Gasteiger partial charge in [-0.2, -0.15) is 0 Å². The fourth-order valence-electron chi connectivity index (χ4n) is 2.96. The van der Waals surface area contributed by atoms with E-state index in [1.54, 1.807) is 23.3 Å². The van der Waals surface area contributed by atoms with Crippen molar-refractivity contribution < 1.29 is 4.42 Å². The van der Waals surface area contributed by atoms with Gasteiger partial charge in [0.15, 0.2) is 0 Å². The molecule has 0 amide bonds. The van der Waals surface area contributed by atoms with Crippen LogP contribution in [0.1, 0.15) is 30.1 Å². The maximum atomic E-state index is 12.0. The molecule has 1 saturated heterocycles. The SMILES string of the molecule is Cc1cnc(CN2CCC(Cn3cncc(C)c3=O)CC2)o1. The van der Waals surface area contributed by atoms with Gasteiger partial charge in [0, 0.05) is 18.3 Å². The smallest absolute Gasteiger partial charge is 0.256 e. The van der Waals surface area contributed by atoms with E-state index in [0.29, 0.717) is 11.5 Å². The Labute approximate surface area is 129 Å². The maximum Gasteiger partial charge on any atom is 0.256 e. The summed E-state index contributed by atoms with van der Waals surface area (Å²) in [7, 11) is 0. The normalized spacial score (nSPS) is 17.0. The third kappa shape index (κ3) is 3.44. The van der Waals surface area contributed by atoms with Gasteiger partial charge in [0.05, 0.1) is 19.1 Å². The van der Waals surface area contributed by atoms with Gasteiger partial charge in [-0.25, -0.2) is 9.97 Å². The van der Waals surface area contributed by atoms with E-state index in [4.69, 9.17) is 4.42 Å². The lowest BCUT2D eigenvalue weighted by Gasteiger charge is -2.31. The minimum absolute atomic E-state index is 0.0766. The molecule has 118 valence electrons. The average molecular weight is 302 g/mol. The molecule has 0 bridgehead atoms. The summed E-state index contributed by atoms with van der Waals surface area (Å²) >= 11 is 0. The molecule has 0 unspecified atom stereocenters. The number of aryl methyl sites for hydroxylation is 2. The van der Waals surface area contributed by atoms with Crippen LogP contribution in [0.4, 0.5) is 0 Å². The van der Waals surface area contributed by atoms with Crippen molar-refractivity contribution >= 4 is 0 Å². The first-order valence-corrected chi connectivity index (χ1v) is 7.76. The second-order valence-corrected chi connectivity index (χ2v) is 6.12. The maximum absolute atomic E-state index is 12.0. The Hall–Kier alpha value is -1.95. The van der Waals surface area contributed by atoms with Crippen LogP contribution < -0.4 is 5.56 Å². The summed E-state index contributed by atoms with van der Waals surface area (Å²) in [5.41, 5.74) is 0.784. The first-order chi connectivity index (χ1) is 10.6. The molecule has 2 aromatic heterocycles. The third-order valence-corrected chi connectivity index (χ3v) is 4.26. The van der Waals surface area contributed by atoms with E-state index in [1.165, 1.54) is 0 Å². The van der Waals surface area contributed by atoms with Crippen LogP contribution in [0, 0.1) is 19.8 Å². The molecule has 3 rings (SSSR count). The zero-order valence-corrected chi connectivity index (χ0v) is 13.2. The predicted octanol–water partition coefficient (Wildman–Crippen LogP) is 1.76. The van der Waals surface area contributed by atoms with Crippen LogP contribution in [0.15, 0.2) is 27.9 Å². The monoisotopic (exact) mass is 302 g/mol. The Morgan fingerprint density at radius 3 is 2.73 bits per heavy atom. The molecule has 1 aliphatic rings. The van der Waals surface area contributed by atoms with E-state index < -0.39 is 0 Å². The summed E-state index contributed by atoms with van der Waals surface area (Å²) in [5.74, 6) is 2.18. The van der Waals surface area contributed by atoms with Crippen molar-refractivity contribution in [1.29, 1.82) is 0 Å². The molecule has 2 aromatic rings. The number of oxazole rings is 1. The summed E-state index contributed by atoms with van der Waals surface area (Å²) in [6.45, 7) is 7.29. The Kier molecular flexibility index (Phi) is 4.38. The number of piperidine rings is 1. The quantitative estimate of drug-likeness (QED) is 0.861. The highest BCUT2D eigenvalue weighted by molar-refractivity contribution is 5.00. The van der Waals surface area contributed by atoms with Crippen molar-refractivity contribution in [1.82, 2.24) is 19.4 Å². The average Bonchev–Trinajstić information content (AvgIpc) is 2.91. The second kappa shape index (κ2) is 6.44. The summed E-state index contributed by atoms with van der Waals surface area (Å²) in [5, 5.41) is 0. The van der Waals surface area contributed by atoms with Crippen molar-refractivity contribution in [3.8, 4) is 0 Å². The van der Waals surface area contributed by atoms with Crippen LogP contribution in [-0.4, -0.2) is 32.5 Å². The van der Waals surface area contributed by atoms with Crippen LogP contribution in [0.3, 0.4) is 0 Å². The molecule has 0 aliphatic carbocycles. The molecule has 0 atom stereocenters. The molecule has 1 fully saturated rings. The third-order valence-electron chi connectivity index (χ3n) is 4.26. The Morgan fingerprint density at radius 2 is 2.05 bits per heavy atom. The van der Waals surface area contributed by atoms with Gasteiger partial charge in [-0.05, 0) is 45.7 Å². The number of hydrogen-bond donors (Lipinski definition) is 0. The molecule has 0 N–H and O–H groups in total. The van der Waals surface area contributed by atoms with Crippen LogP contribution >= 0.6 is 0 Å². The van der Waals surface area contributed by atoms with Gasteiger partial charge in [0.2, 0.25) is 5.89 Å². The number of aromatic nitrogens is 3. The lowest BCUT2D eigenvalue weighted by Crippen LogP contribution is -2.36. The highest BCUT2D eigenvalue weighted by Gasteiger charge is 2.21. The van der Waals surface area contributed by atoms with Crippen LogP contribution in [0.2, 0.25) is 0 Å². The van der Waals surface area contributed by atoms with E-state index in [0.717, 1.165) is 50.7 Å². The van der Waals surface area contributed by atoms with Gasteiger partial charge >= 0.3 is 0 Å². The summed E-state index contributed by atoms with van der Waals surface area (Å²) in [6.07, 6.45) is 7.20. The van der Waals surface area contributed by atoms with Crippen molar-refractivity contribution in [3.63, 3.8) is 0 Å². The van der Waals surface area contributed by atoms with Crippen LogP contribution in [0.5, 0.6) is 0 Å².